The molecule has 0 amide bonds. The fourth-order valence-corrected chi connectivity index (χ4v) is 7.67. The van der Waals surface area contributed by atoms with E-state index >= 15 is 0 Å². The van der Waals surface area contributed by atoms with Crippen LogP contribution in [0.5, 0.6) is 0 Å². The van der Waals surface area contributed by atoms with E-state index in [-0.39, 0.29) is 21.6 Å². The predicted octanol–water partition coefficient (Wildman–Crippen LogP) is 4.40. The number of aromatic nitrogens is 2. The molecule has 8 nitrogen and oxygen atoms in total. The van der Waals surface area contributed by atoms with Crippen LogP contribution in [0, 0.1) is 5.92 Å². The van der Waals surface area contributed by atoms with Crippen molar-refractivity contribution in [2.45, 2.75) is 43.5 Å². The maximum absolute atomic E-state index is 13.2. The van der Waals surface area contributed by atoms with E-state index in [0.717, 1.165) is 26.6 Å². The second kappa shape index (κ2) is 11.8. The third-order valence-electron chi connectivity index (χ3n) is 5.67. The van der Waals surface area contributed by atoms with E-state index in [4.69, 9.17) is 17.3 Å². The smallest absolute Gasteiger partial charge is 0.257 e. The largest absolute Gasteiger partial charge is 0.326 e. The van der Waals surface area contributed by atoms with Crippen LogP contribution in [0.2, 0.25) is 4.34 Å². The highest BCUT2D eigenvalue weighted by molar-refractivity contribution is 7.91. The lowest BCUT2D eigenvalue weighted by molar-refractivity contribution is 0.368. The maximum Gasteiger partial charge on any atom is 0.257 e. The number of hydrogen-bond acceptors (Lipinski definition) is 7. The average molecular weight is 557 g/mol. The van der Waals surface area contributed by atoms with Crippen molar-refractivity contribution in [3.8, 4) is 0 Å². The number of halogens is 1. The Balaban J connectivity index is 1.89. The van der Waals surface area contributed by atoms with Crippen molar-refractivity contribution in [2.24, 2.45) is 11.7 Å². The molecule has 12 heteroatoms. The third kappa shape index (κ3) is 6.81. The zero-order valence-corrected chi connectivity index (χ0v) is 22.7. The molecule has 2 aromatic heterocycles. The average Bonchev–Trinajstić information content (AvgIpc) is 3.50. The van der Waals surface area contributed by atoms with Gasteiger partial charge in [0.15, 0.2) is 0 Å². The quantitative estimate of drug-likeness (QED) is 0.340. The van der Waals surface area contributed by atoms with Crippen molar-refractivity contribution in [3.05, 3.63) is 75.9 Å². The van der Waals surface area contributed by atoms with Crippen LogP contribution >= 0.6 is 22.9 Å². The van der Waals surface area contributed by atoms with Crippen LogP contribution in [0.4, 0.5) is 0 Å². The second-order valence-electron chi connectivity index (χ2n) is 7.96. The van der Waals surface area contributed by atoms with Gasteiger partial charge in [0, 0.05) is 6.54 Å². The Morgan fingerprint density at radius 1 is 1.09 bits per heavy atom. The first-order valence-electron chi connectivity index (χ1n) is 11.1. The highest BCUT2D eigenvalue weighted by atomic mass is 35.5. The molecule has 35 heavy (non-hydrogen) atoms. The van der Waals surface area contributed by atoms with E-state index in [1.807, 2.05) is 38.1 Å². The van der Waals surface area contributed by atoms with Crippen LogP contribution in [0.1, 0.15) is 49.6 Å². The number of nitrogens with zero attached hydrogens (tertiary/aromatic N) is 2. The van der Waals surface area contributed by atoms with Gasteiger partial charge in [0.05, 0.1) is 28.0 Å². The molecule has 2 heterocycles. The SMILES string of the molecule is CCC(CC)C(NS(=O)(=O)c1ccc(Cl)s1)c1ccnn1S(=O)(=O)CC=Cc1ccc(CN)cc1. The monoisotopic (exact) mass is 556 g/mol. The molecular weight excluding hydrogens is 528 g/mol. The molecule has 0 fully saturated rings. The summed E-state index contributed by atoms with van der Waals surface area (Å²) in [6, 6.07) is 11.2. The Bertz CT molecular complexity index is 1360. The van der Waals surface area contributed by atoms with Crippen molar-refractivity contribution in [1.82, 2.24) is 13.9 Å². The first-order chi connectivity index (χ1) is 16.6. The van der Waals surface area contributed by atoms with Gasteiger partial charge in [-0.3, -0.25) is 0 Å². The van der Waals surface area contributed by atoms with Gasteiger partial charge in [-0.2, -0.15) is 9.19 Å². The van der Waals surface area contributed by atoms with Crippen molar-refractivity contribution in [3.63, 3.8) is 0 Å². The summed E-state index contributed by atoms with van der Waals surface area (Å²) < 4.78 is 56.6. The Morgan fingerprint density at radius 3 is 2.34 bits per heavy atom. The molecule has 0 saturated heterocycles. The number of thiophene rings is 1. The molecule has 0 saturated carbocycles. The van der Waals surface area contributed by atoms with Crippen LogP contribution in [0.15, 0.2) is 58.9 Å². The Hall–Kier alpha value is -2.02. The molecule has 0 spiro atoms. The van der Waals surface area contributed by atoms with Crippen molar-refractivity contribution < 1.29 is 16.8 Å². The van der Waals surface area contributed by atoms with Crippen molar-refractivity contribution >= 4 is 49.1 Å². The summed E-state index contributed by atoms with van der Waals surface area (Å²) in [5, 5.41) is 4.04. The molecule has 3 rings (SSSR count). The highest BCUT2D eigenvalue weighted by Gasteiger charge is 2.32. The number of rotatable bonds is 12. The maximum atomic E-state index is 13.2. The number of benzene rings is 1. The van der Waals surface area contributed by atoms with Gasteiger partial charge in [0.1, 0.15) is 4.21 Å². The normalized spacial score (nSPS) is 13.6. The Kier molecular flexibility index (Phi) is 9.30. The Morgan fingerprint density at radius 2 is 1.77 bits per heavy atom. The zero-order valence-electron chi connectivity index (χ0n) is 19.5. The molecule has 0 aliphatic carbocycles. The number of nitrogens with two attached hydrogens (primary N) is 1. The molecule has 0 aliphatic rings. The lowest BCUT2D eigenvalue weighted by Crippen LogP contribution is -2.35. The van der Waals surface area contributed by atoms with Gasteiger partial charge in [0.25, 0.3) is 20.0 Å². The predicted molar refractivity (Wildman–Crippen MR) is 141 cm³/mol. The molecule has 3 aromatic rings. The van der Waals surface area contributed by atoms with Crippen LogP contribution in [-0.2, 0) is 26.6 Å². The molecule has 0 bridgehead atoms. The van der Waals surface area contributed by atoms with E-state index in [1.165, 1.54) is 18.3 Å². The lowest BCUT2D eigenvalue weighted by atomic mass is 9.93. The molecule has 1 unspecified atom stereocenters. The minimum absolute atomic E-state index is 0.0657. The number of nitrogens with one attached hydrogen (secondary N) is 1. The molecule has 0 radical (unpaired) electrons. The standard InChI is InChI=1S/C23H29ClN4O4S3/c1-3-19(4-2)23(27-35(31,32)22-12-11-21(24)33-22)20-13-14-26-28(20)34(29,30)15-5-6-17-7-9-18(16-25)10-8-17/h5-14,19,23,27H,3-4,15-16,25H2,1-2H3. The Labute approximate surface area is 215 Å². The van der Waals surface area contributed by atoms with Crippen LogP contribution in [0.25, 0.3) is 6.08 Å². The van der Waals surface area contributed by atoms with Crippen molar-refractivity contribution in [2.75, 3.05) is 5.75 Å². The van der Waals surface area contributed by atoms with E-state index < -0.39 is 26.1 Å². The fourth-order valence-electron chi connectivity index (χ4n) is 3.72. The summed E-state index contributed by atoms with van der Waals surface area (Å²) >= 11 is 6.87. The van der Waals surface area contributed by atoms with Gasteiger partial charge >= 0.3 is 0 Å². The summed E-state index contributed by atoms with van der Waals surface area (Å²) in [7, 11) is -7.82. The van der Waals surface area contributed by atoms with Gasteiger partial charge in [-0.05, 0) is 35.2 Å². The molecule has 1 aromatic carbocycles. The fraction of sp³-hybridized carbons (Fsp3) is 0.348. The summed E-state index contributed by atoms with van der Waals surface area (Å²) in [6.07, 6.45) is 5.90. The van der Waals surface area contributed by atoms with E-state index in [0.29, 0.717) is 23.7 Å². The van der Waals surface area contributed by atoms with E-state index in [1.54, 1.807) is 18.2 Å². The zero-order chi connectivity index (χ0) is 25.6. The highest BCUT2D eigenvalue weighted by Crippen LogP contribution is 2.32. The topological polar surface area (TPSA) is 124 Å². The first kappa shape index (κ1) is 27.6. The van der Waals surface area contributed by atoms with Gasteiger partial charge in [-0.25, -0.2) is 21.6 Å². The van der Waals surface area contributed by atoms with Crippen molar-refractivity contribution in [1.29, 1.82) is 0 Å². The van der Waals surface area contributed by atoms with Gasteiger partial charge in [0.2, 0.25) is 0 Å². The van der Waals surface area contributed by atoms with E-state index in [2.05, 4.69) is 9.82 Å². The first-order valence-corrected chi connectivity index (χ1v) is 15.4. The molecular formula is C23H29ClN4O4S3. The van der Waals surface area contributed by atoms with Gasteiger partial charge in [-0.15, -0.1) is 11.3 Å². The minimum Gasteiger partial charge on any atom is -0.326 e. The summed E-state index contributed by atoms with van der Waals surface area (Å²) in [4.78, 5) is 0. The van der Waals surface area contributed by atoms with Crippen LogP contribution in [0.3, 0.4) is 0 Å². The molecule has 3 N–H and O–H groups in total. The van der Waals surface area contributed by atoms with Crippen LogP contribution < -0.4 is 10.5 Å². The lowest BCUT2D eigenvalue weighted by Gasteiger charge is -2.26. The minimum atomic E-state index is -3.93. The number of hydrogen-bond donors (Lipinski definition) is 2. The van der Waals surface area contributed by atoms with Gasteiger partial charge < -0.3 is 5.73 Å². The summed E-state index contributed by atoms with van der Waals surface area (Å²) in [5.41, 5.74) is 7.70. The van der Waals surface area contributed by atoms with Gasteiger partial charge in [-0.1, -0.05) is 74.7 Å². The third-order valence-corrected chi connectivity index (χ3v) is 10.3. The second-order valence-corrected chi connectivity index (χ2v) is 13.5. The number of sulfonamides is 1. The molecule has 1 atom stereocenters. The summed E-state index contributed by atoms with van der Waals surface area (Å²) in [5.74, 6) is -0.453. The van der Waals surface area contributed by atoms with Crippen LogP contribution in [-0.4, -0.2) is 31.8 Å². The summed E-state index contributed by atoms with van der Waals surface area (Å²) in [6.45, 7) is 4.30. The molecule has 0 aliphatic heterocycles. The molecule has 190 valence electrons. The van der Waals surface area contributed by atoms with E-state index in [9.17, 15) is 16.8 Å².